The highest BCUT2D eigenvalue weighted by Gasteiger charge is 2.77. The van der Waals surface area contributed by atoms with E-state index in [9.17, 15) is 24.4 Å². The van der Waals surface area contributed by atoms with Crippen molar-refractivity contribution in [3.05, 3.63) is 59.9 Å². The summed E-state index contributed by atoms with van der Waals surface area (Å²) in [6.45, 7) is 0. The molecular formula is C15H18NO8P2+. The predicted octanol–water partition coefficient (Wildman–Crippen LogP) is 1.96. The SMILES string of the molecule is COc1cccc(C2OP(=O)(O)C(O)(Cc3cccnc3)[P+](O)(O)O2)c1. The number of methoxy groups -OCH3 is 1. The first-order valence-corrected chi connectivity index (χ1v) is 10.7. The Morgan fingerprint density at radius 3 is 2.73 bits per heavy atom. The molecule has 0 amide bonds. The molecule has 1 fully saturated rings. The van der Waals surface area contributed by atoms with E-state index in [1.54, 1.807) is 18.2 Å². The van der Waals surface area contributed by atoms with Gasteiger partial charge in [0.25, 0.3) is 0 Å². The maximum absolute atomic E-state index is 12.7. The van der Waals surface area contributed by atoms with E-state index in [0.717, 1.165) is 0 Å². The lowest BCUT2D eigenvalue weighted by atomic mass is 10.2. The Balaban J connectivity index is 1.95. The average molecular weight is 402 g/mol. The Morgan fingerprint density at radius 1 is 1.35 bits per heavy atom. The van der Waals surface area contributed by atoms with Crippen molar-refractivity contribution in [2.75, 3.05) is 7.11 Å². The highest BCUT2D eigenvalue weighted by atomic mass is 31.3. The van der Waals surface area contributed by atoms with Crippen LogP contribution in [0.5, 0.6) is 5.75 Å². The van der Waals surface area contributed by atoms with E-state index in [-0.39, 0.29) is 5.56 Å². The molecule has 1 aliphatic heterocycles. The summed E-state index contributed by atoms with van der Waals surface area (Å²) in [4.78, 5) is 34.9. The number of rotatable bonds is 4. The van der Waals surface area contributed by atoms with E-state index in [1.165, 1.54) is 37.7 Å². The van der Waals surface area contributed by atoms with Gasteiger partial charge in [-0.1, -0.05) is 18.2 Å². The lowest BCUT2D eigenvalue weighted by Crippen LogP contribution is -2.40. The molecule has 1 saturated heterocycles. The third kappa shape index (κ3) is 3.41. The van der Waals surface area contributed by atoms with Gasteiger partial charge in [0.05, 0.1) is 13.5 Å². The van der Waals surface area contributed by atoms with Gasteiger partial charge in [0.2, 0.25) is 6.29 Å². The van der Waals surface area contributed by atoms with Crippen LogP contribution in [-0.4, -0.2) is 37.0 Å². The van der Waals surface area contributed by atoms with Crippen LogP contribution in [0.15, 0.2) is 48.8 Å². The van der Waals surface area contributed by atoms with E-state index in [0.29, 0.717) is 11.3 Å². The minimum Gasteiger partial charge on any atom is -0.497 e. The van der Waals surface area contributed by atoms with Gasteiger partial charge in [0.15, 0.2) is 0 Å². The van der Waals surface area contributed by atoms with Gasteiger partial charge < -0.3 is 14.7 Å². The molecule has 3 unspecified atom stereocenters. The van der Waals surface area contributed by atoms with Gasteiger partial charge in [-0.2, -0.15) is 9.79 Å². The van der Waals surface area contributed by atoms with Crippen LogP contribution in [-0.2, 0) is 20.0 Å². The fraction of sp³-hybridized carbons (Fsp3) is 0.267. The summed E-state index contributed by atoms with van der Waals surface area (Å²) in [6.07, 6.45) is 0.657. The Kier molecular flexibility index (Phi) is 5.18. The minimum absolute atomic E-state index is 0.231. The molecule has 3 rings (SSSR count). The molecule has 0 radical (unpaired) electrons. The van der Waals surface area contributed by atoms with Crippen molar-refractivity contribution in [1.82, 2.24) is 4.98 Å². The molecule has 140 valence electrons. The fourth-order valence-corrected chi connectivity index (χ4v) is 6.14. The summed E-state index contributed by atoms with van der Waals surface area (Å²) in [5, 5.41) is 7.78. The molecule has 9 nitrogen and oxygen atoms in total. The molecule has 1 aromatic carbocycles. The van der Waals surface area contributed by atoms with Crippen LogP contribution in [0.1, 0.15) is 17.4 Å². The maximum Gasteiger partial charge on any atom is 0.457 e. The van der Waals surface area contributed by atoms with Crippen LogP contribution in [0.2, 0.25) is 0 Å². The number of aliphatic hydroxyl groups is 1. The first-order valence-electron chi connectivity index (χ1n) is 7.48. The van der Waals surface area contributed by atoms with E-state index >= 15 is 0 Å². The lowest BCUT2D eigenvalue weighted by Gasteiger charge is -2.38. The molecule has 4 N–H and O–H groups in total. The maximum atomic E-state index is 12.7. The van der Waals surface area contributed by atoms with E-state index in [2.05, 4.69) is 4.98 Å². The first-order chi connectivity index (χ1) is 12.2. The number of ether oxygens (including phenoxy) is 1. The summed E-state index contributed by atoms with van der Waals surface area (Å²) in [5.41, 5.74) is 0.540. The molecule has 2 aromatic rings. The van der Waals surface area contributed by atoms with Crippen molar-refractivity contribution >= 4 is 15.5 Å². The average Bonchev–Trinajstić information content (AvgIpc) is 2.60. The van der Waals surface area contributed by atoms with Crippen LogP contribution < -0.4 is 4.74 Å². The van der Waals surface area contributed by atoms with Crippen molar-refractivity contribution < 1.29 is 38.1 Å². The molecule has 3 atom stereocenters. The zero-order chi connectivity index (χ0) is 19.0. The van der Waals surface area contributed by atoms with Crippen LogP contribution in [0.4, 0.5) is 0 Å². The topological polar surface area (TPSA) is 139 Å². The monoisotopic (exact) mass is 402 g/mol. The molecule has 11 heteroatoms. The van der Waals surface area contributed by atoms with Crippen LogP contribution in [0, 0.1) is 0 Å². The standard InChI is InChI=1S/C15H17NO8P2/c1-22-13-6-2-5-12(8-13)14-23-25(18,19)15(17,26(20,21)24-14)9-11-4-3-7-16-10-11/h2-8,10,14,17-19H,9H2,1H3/p+1. The number of benzene rings is 1. The zero-order valence-electron chi connectivity index (χ0n) is 13.7. The highest BCUT2D eigenvalue weighted by Crippen LogP contribution is 2.82. The van der Waals surface area contributed by atoms with Gasteiger partial charge in [0, 0.05) is 18.0 Å². The Labute approximate surface area is 149 Å². The second-order valence-corrected chi connectivity index (χ2v) is 10.1. The molecule has 0 saturated carbocycles. The second-order valence-electron chi connectivity index (χ2n) is 5.70. The van der Waals surface area contributed by atoms with Crippen molar-refractivity contribution in [1.29, 1.82) is 0 Å². The molecule has 26 heavy (non-hydrogen) atoms. The molecular weight excluding hydrogens is 384 g/mol. The molecule has 1 aromatic heterocycles. The van der Waals surface area contributed by atoms with Crippen LogP contribution in [0.25, 0.3) is 0 Å². The number of pyridine rings is 1. The lowest BCUT2D eigenvalue weighted by molar-refractivity contribution is -0.0683. The van der Waals surface area contributed by atoms with Crippen molar-refractivity contribution in [3.63, 3.8) is 0 Å². The molecule has 0 bridgehead atoms. The molecule has 0 aliphatic carbocycles. The third-order valence-corrected chi connectivity index (χ3v) is 8.59. The van der Waals surface area contributed by atoms with Gasteiger partial charge >= 0.3 is 20.6 Å². The van der Waals surface area contributed by atoms with Crippen molar-refractivity contribution in [3.8, 4) is 5.75 Å². The zero-order valence-corrected chi connectivity index (χ0v) is 15.5. The number of aromatic nitrogens is 1. The minimum atomic E-state index is -4.93. The van der Waals surface area contributed by atoms with Gasteiger partial charge in [-0.25, -0.2) is 0 Å². The quantitative estimate of drug-likeness (QED) is 0.565. The summed E-state index contributed by atoms with van der Waals surface area (Å²) < 4.78 is 27.9. The van der Waals surface area contributed by atoms with Gasteiger partial charge in [-0.3, -0.25) is 14.1 Å². The Hall–Kier alpha value is -1.41. The van der Waals surface area contributed by atoms with Crippen molar-refractivity contribution in [2.24, 2.45) is 0 Å². The summed E-state index contributed by atoms with van der Waals surface area (Å²) >= 11 is 0. The van der Waals surface area contributed by atoms with E-state index in [1.807, 2.05) is 0 Å². The van der Waals surface area contributed by atoms with Gasteiger partial charge in [-0.05, 0) is 23.8 Å². The van der Waals surface area contributed by atoms with E-state index < -0.39 is 33.3 Å². The summed E-state index contributed by atoms with van der Waals surface area (Å²) in [6, 6.07) is 9.21. The van der Waals surface area contributed by atoms with Crippen molar-refractivity contribution in [2.45, 2.75) is 17.8 Å². The molecule has 2 heterocycles. The second kappa shape index (κ2) is 6.96. The number of nitrogens with zero attached hydrogens (tertiary/aromatic N) is 1. The summed E-state index contributed by atoms with van der Waals surface area (Å²) in [7, 11) is -8.24. The largest absolute Gasteiger partial charge is 0.497 e. The Bertz CT molecular complexity index is 833. The molecule has 1 aliphatic rings. The number of hydrogen-bond donors (Lipinski definition) is 4. The third-order valence-electron chi connectivity index (χ3n) is 3.93. The highest BCUT2D eigenvalue weighted by molar-refractivity contribution is 7.76. The normalized spacial score (nSPS) is 30.7. The van der Waals surface area contributed by atoms with Gasteiger partial charge in [-0.15, -0.1) is 4.52 Å². The smallest absolute Gasteiger partial charge is 0.457 e. The number of hydrogen-bond acceptors (Lipinski definition) is 8. The first kappa shape index (κ1) is 19.4. The van der Waals surface area contributed by atoms with Crippen LogP contribution >= 0.6 is 15.5 Å². The Morgan fingerprint density at radius 2 is 2.12 bits per heavy atom. The van der Waals surface area contributed by atoms with E-state index in [4.69, 9.17) is 13.8 Å². The molecule has 0 spiro atoms. The predicted molar refractivity (Wildman–Crippen MR) is 92.0 cm³/mol. The van der Waals surface area contributed by atoms with Gasteiger partial charge in [0.1, 0.15) is 5.75 Å². The van der Waals surface area contributed by atoms with Crippen LogP contribution in [0.3, 0.4) is 0 Å². The fourth-order valence-electron chi connectivity index (χ4n) is 2.51. The summed E-state index contributed by atoms with van der Waals surface area (Å²) in [5.74, 6) is 0.415.